The van der Waals surface area contributed by atoms with Crippen LogP contribution in [0.1, 0.15) is 0 Å². The first-order valence-electron chi connectivity index (χ1n) is 2.85. The zero-order valence-electron chi connectivity index (χ0n) is 5.57. The van der Waals surface area contributed by atoms with Gasteiger partial charge in [0.2, 0.25) is 0 Å². The van der Waals surface area contributed by atoms with Gasteiger partial charge in [-0.05, 0) is 19.2 Å². The second kappa shape index (κ2) is 3.43. The number of hydrogen-bond acceptors (Lipinski definition) is 2. The molecule has 0 radical (unpaired) electrons. The van der Waals surface area contributed by atoms with Crippen molar-refractivity contribution in [3.8, 4) is 0 Å². The summed E-state index contributed by atoms with van der Waals surface area (Å²) in [5.41, 5.74) is 0. The first-order valence-corrected chi connectivity index (χ1v) is 4.00. The molecule has 0 spiro atoms. The topological polar surface area (TPSA) is 42.0 Å². The summed E-state index contributed by atoms with van der Waals surface area (Å²) >= 11 is 0. The van der Waals surface area contributed by atoms with E-state index in [0.717, 1.165) is 0 Å². The van der Waals surface area contributed by atoms with Crippen molar-refractivity contribution in [2.75, 3.05) is 7.05 Å². The van der Waals surface area contributed by atoms with Crippen molar-refractivity contribution in [3.05, 3.63) is 24.4 Å². The molecule has 1 unspecified atom stereocenters. The van der Waals surface area contributed by atoms with E-state index in [1.807, 2.05) is 0 Å². The zero-order chi connectivity index (χ0) is 7.40. The number of nitrogens with one attached hydrogen (secondary N) is 1. The SMILES string of the molecule is CNS(=O)c1ccccn1. The van der Waals surface area contributed by atoms with E-state index in [1.165, 1.54) is 0 Å². The zero-order valence-corrected chi connectivity index (χ0v) is 6.39. The third-order valence-electron chi connectivity index (χ3n) is 1.01. The molecule has 1 aromatic heterocycles. The molecule has 0 aromatic carbocycles. The van der Waals surface area contributed by atoms with Crippen LogP contribution in [0.2, 0.25) is 0 Å². The Bertz CT molecular complexity index is 224. The van der Waals surface area contributed by atoms with Crippen molar-refractivity contribution in [1.82, 2.24) is 9.71 Å². The Hall–Kier alpha value is -0.740. The number of aromatic nitrogens is 1. The van der Waals surface area contributed by atoms with Gasteiger partial charge in [-0.3, -0.25) is 0 Å². The molecule has 1 atom stereocenters. The van der Waals surface area contributed by atoms with Gasteiger partial charge in [-0.25, -0.2) is 13.9 Å². The van der Waals surface area contributed by atoms with Crippen LogP contribution in [0.5, 0.6) is 0 Å². The Kier molecular flexibility index (Phi) is 2.53. The highest BCUT2D eigenvalue weighted by Gasteiger charge is 1.97. The van der Waals surface area contributed by atoms with Gasteiger partial charge in [-0.1, -0.05) is 6.07 Å². The average Bonchev–Trinajstić information content (AvgIpc) is 2.05. The Morgan fingerprint density at radius 1 is 1.60 bits per heavy atom. The number of rotatable bonds is 2. The van der Waals surface area contributed by atoms with Gasteiger partial charge in [0.25, 0.3) is 0 Å². The molecule has 54 valence electrons. The van der Waals surface area contributed by atoms with Gasteiger partial charge in [0.1, 0.15) is 16.0 Å². The molecule has 1 N–H and O–H groups in total. The fourth-order valence-electron chi connectivity index (χ4n) is 0.561. The molecule has 1 rings (SSSR count). The van der Waals surface area contributed by atoms with E-state index < -0.39 is 11.0 Å². The highest BCUT2D eigenvalue weighted by molar-refractivity contribution is 7.82. The molecule has 0 saturated carbocycles. The molecule has 1 heterocycles. The van der Waals surface area contributed by atoms with Gasteiger partial charge in [0.15, 0.2) is 0 Å². The van der Waals surface area contributed by atoms with Crippen molar-refractivity contribution in [1.29, 1.82) is 0 Å². The fraction of sp³-hybridized carbons (Fsp3) is 0.167. The Balaban J connectivity index is 2.85. The second-order valence-electron chi connectivity index (χ2n) is 1.64. The highest BCUT2D eigenvalue weighted by atomic mass is 32.2. The molecule has 0 amide bonds. The summed E-state index contributed by atoms with van der Waals surface area (Å²) in [4.78, 5) is 3.89. The molecule has 0 bridgehead atoms. The van der Waals surface area contributed by atoms with Crippen LogP contribution in [-0.2, 0) is 11.0 Å². The Morgan fingerprint density at radius 2 is 2.40 bits per heavy atom. The number of hydrogen-bond donors (Lipinski definition) is 1. The van der Waals surface area contributed by atoms with Crippen LogP contribution in [0.25, 0.3) is 0 Å². The average molecular weight is 156 g/mol. The van der Waals surface area contributed by atoms with Crippen LogP contribution < -0.4 is 4.72 Å². The fourth-order valence-corrected chi connectivity index (χ4v) is 1.13. The molecule has 0 aliphatic rings. The summed E-state index contributed by atoms with van der Waals surface area (Å²) in [5, 5.41) is 0.560. The largest absolute Gasteiger partial charge is 0.246 e. The van der Waals surface area contributed by atoms with Crippen LogP contribution in [0.15, 0.2) is 29.4 Å². The third-order valence-corrected chi connectivity index (χ3v) is 2.01. The monoisotopic (exact) mass is 156 g/mol. The molecule has 4 heteroatoms. The molecular weight excluding hydrogens is 148 g/mol. The normalized spacial score (nSPS) is 12.9. The van der Waals surface area contributed by atoms with Gasteiger partial charge in [0.05, 0.1) is 0 Å². The predicted octanol–water partition coefficient (Wildman–Crippen LogP) is 0.324. The van der Waals surface area contributed by atoms with E-state index in [2.05, 4.69) is 9.71 Å². The first kappa shape index (κ1) is 7.37. The third kappa shape index (κ3) is 1.62. The van der Waals surface area contributed by atoms with Gasteiger partial charge in [-0.2, -0.15) is 0 Å². The summed E-state index contributed by atoms with van der Waals surface area (Å²) in [7, 11) is 0.478. The quantitative estimate of drug-likeness (QED) is 0.670. The first-order chi connectivity index (χ1) is 4.84. The van der Waals surface area contributed by atoms with Crippen molar-refractivity contribution in [2.45, 2.75) is 5.03 Å². The van der Waals surface area contributed by atoms with Crippen LogP contribution in [0, 0.1) is 0 Å². The minimum atomic E-state index is -1.15. The molecular formula is C6H8N2OS. The molecule has 0 aliphatic heterocycles. The number of nitrogens with zero attached hydrogens (tertiary/aromatic N) is 1. The smallest absolute Gasteiger partial charge is 0.143 e. The van der Waals surface area contributed by atoms with Crippen molar-refractivity contribution < 1.29 is 4.21 Å². The van der Waals surface area contributed by atoms with Crippen molar-refractivity contribution >= 4 is 11.0 Å². The van der Waals surface area contributed by atoms with Gasteiger partial charge in [0, 0.05) is 6.20 Å². The van der Waals surface area contributed by atoms with E-state index in [4.69, 9.17) is 0 Å². The van der Waals surface area contributed by atoms with Gasteiger partial charge < -0.3 is 0 Å². The molecule has 1 aromatic rings. The predicted molar refractivity (Wildman–Crippen MR) is 39.7 cm³/mol. The maximum absolute atomic E-state index is 11.0. The maximum atomic E-state index is 11.0. The molecule has 10 heavy (non-hydrogen) atoms. The maximum Gasteiger partial charge on any atom is 0.143 e. The lowest BCUT2D eigenvalue weighted by Crippen LogP contribution is -2.11. The van der Waals surface area contributed by atoms with E-state index in [1.54, 1.807) is 31.4 Å². The summed E-state index contributed by atoms with van der Waals surface area (Å²) < 4.78 is 13.5. The van der Waals surface area contributed by atoms with Crippen LogP contribution in [0.3, 0.4) is 0 Å². The minimum Gasteiger partial charge on any atom is -0.246 e. The van der Waals surface area contributed by atoms with Crippen LogP contribution >= 0.6 is 0 Å². The second-order valence-corrected chi connectivity index (χ2v) is 3.00. The lowest BCUT2D eigenvalue weighted by atomic mass is 10.5. The Labute approximate surface area is 62.1 Å². The van der Waals surface area contributed by atoms with Crippen molar-refractivity contribution in [2.24, 2.45) is 0 Å². The van der Waals surface area contributed by atoms with E-state index in [9.17, 15) is 4.21 Å². The van der Waals surface area contributed by atoms with E-state index >= 15 is 0 Å². The Morgan fingerprint density at radius 3 is 2.90 bits per heavy atom. The molecule has 0 aliphatic carbocycles. The summed E-state index contributed by atoms with van der Waals surface area (Å²) in [6, 6.07) is 5.31. The van der Waals surface area contributed by atoms with E-state index in [0.29, 0.717) is 5.03 Å². The van der Waals surface area contributed by atoms with Gasteiger partial charge in [-0.15, -0.1) is 0 Å². The lowest BCUT2D eigenvalue weighted by molar-refractivity contribution is 0.675. The number of pyridine rings is 1. The van der Waals surface area contributed by atoms with Gasteiger partial charge >= 0.3 is 0 Å². The molecule has 3 nitrogen and oxygen atoms in total. The summed E-state index contributed by atoms with van der Waals surface area (Å²) in [6.45, 7) is 0. The lowest BCUT2D eigenvalue weighted by Gasteiger charge is -1.95. The van der Waals surface area contributed by atoms with Crippen LogP contribution in [-0.4, -0.2) is 16.2 Å². The minimum absolute atomic E-state index is 0.560. The molecule has 0 fully saturated rings. The highest BCUT2D eigenvalue weighted by Crippen LogP contribution is 1.96. The van der Waals surface area contributed by atoms with Crippen LogP contribution in [0.4, 0.5) is 0 Å². The van der Waals surface area contributed by atoms with Crippen molar-refractivity contribution in [3.63, 3.8) is 0 Å². The summed E-state index contributed by atoms with van der Waals surface area (Å²) in [5.74, 6) is 0. The molecule has 0 saturated heterocycles. The summed E-state index contributed by atoms with van der Waals surface area (Å²) in [6.07, 6.45) is 1.62. The standard InChI is InChI=1S/C6H8N2OS/c1-7-10(9)6-4-2-3-5-8-6/h2-5,7H,1H3. The van der Waals surface area contributed by atoms with E-state index in [-0.39, 0.29) is 0 Å².